The highest BCUT2D eigenvalue weighted by molar-refractivity contribution is 5.97. The van der Waals surface area contributed by atoms with Crippen LogP contribution >= 0.6 is 0 Å². The van der Waals surface area contributed by atoms with Gasteiger partial charge in [0.25, 0.3) is 11.8 Å². The van der Waals surface area contributed by atoms with Crippen LogP contribution in [0, 0.1) is 13.8 Å². The number of aryl methyl sites for hydroxylation is 4. The molecule has 0 aromatic carbocycles. The number of hydrogen-bond acceptors (Lipinski definition) is 20. The molecule has 8 bridgehead atoms. The Labute approximate surface area is 550 Å². The monoisotopic (exact) mass is 1340 g/mol. The van der Waals surface area contributed by atoms with Crippen molar-refractivity contribution in [2.75, 3.05) is 118 Å². The minimum absolute atomic E-state index is 0.0662. The maximum Gasteiger partial charge on any atom is 0.317 e. The summed E-state index contributed by atoms with van der Waals surface area (Å²) in [5, 5.41) is 75.3. The quantitative estimate of drug-likeness (QED) is 0.0340. The number of rotatable bonds is 40. The molecular weight excluding hydrogens is 1260 g/mol. The molecule has 0 atom stereocenters. The highest BCUT2D eigenvalue weighted by Crippen LogP contribution is 2.38. The van der Waals surface area contributed by atoms with Gasteiger partial charge in [-0.25, -0.2) is 9.97 Å². The van der Waals surface area contributed by atoms with Gasteiger partial charge in [-0.3, -0.25) is 109 Å². The minimum atomic E-state index is -1.33. The molecule has 0 spiro atoms. The molecule has 5 heterocycles. The van der Waals surface area contributed by atoms with Gasteiger partial charge in [-0.15, -0.1) is 0 Å². The Kier molecular flexibility index (Phi) is 29.3. The summed E-state index contributed by atoms with van der Waals surface area (Å²) in [6.07, 6.45) is 1.09. The Balaban J connectivity index is 1.38. The van der Waals surface area contributed by atoms with Crippen molar-refractivity contribution in [3.63, 3.8) is 0 Å². The van der Waals surface area contributed by atoms with Gasteiger partial charge >= 0.3 is 47.8 Å². The number of aliphatic carboxylic acids is 8. The SMILES string of the molecule is CCc1c(C)c2cc3[nH]c(cc4nc(cc5nc(cc1[nH]2)C(C)=C5CCC(=O)NNC(=O)CN(CCN(CCN(CC(=O)O)CC(=O)O)CC(=O)O)CC(=O)O)C(CCC(=O)NNC(=O)CN(CCN(CCN(CC(=O)O)CC(=O)O)CC(=O)O)CC(=O)O)=C4C)c(C)c3CC. The number of H-pyrrole nitrogens is 2. The van der Waals surface area contributed by atoms with E-state index in [2.05, 4.69) is 44.7 Å². The second-order valence-electron chi connectivity index (χ2n) is 23.1. The zero-order valence-electron chi connectivity index (χ0n) is 54.3. The molecule has 522 valence electrons. The highest BCUT2D eigenvalue weighted by atomic mass is 16.4. The molecule has 0 saturated heterocycles. The normalized spacial score (nSPS) is 12.3. The van der Waals surface area contributed by atoms with Crippen LogP contribution in [0.4, 0.5) is 0 Å². The van der Waals surface area contributed by atoms with E-state index < -0.39 is 137 Å². The Bertz CT molecular complexity index is 3660. The van der Waals surface area contributed by atoms with Crippen molar-refractivity contribution in [1.82, 2.24) is 71.0 Å². The molecule has 34 nitrogen and oxygen atoms in total. The summed E-state index contributed by atoms with van der Waals surface area (Å²) in [6, 6.07) is 7.67. The van der Waals surface area contributed by atoms with Gasteiger partial charge in [0.05, 0.1) is 88.2 Å². The van der Waals surface area contributed by atoms with E-state index in [9.17, 15) is 98.4 Å². The molecule has 4 amide bonds. The molecule has 0 radical (unpaired) electrons. The summed E-state index contributed by atoms with van der Waals surface area (Å²) in [4.78, 5) is 171. The Hall–Kier alpha value is -10.0. The standard InChI is InChI=1S/C62H84N14O20/c1-7-39-35(3)43-21-44-37(5)41(9-11-51(77)67-69-53(79)25-73(29-57(85)86)17-13-71(27-55(81)82)15-19-75(31-59(89)90)32-60(91)92)49(65-44)24-50-42(38(6)46(66-50)23-48-40(8-2)36(4)45(64-48)22-47(39)63-43)10-12-52(78)68-70-54(80)26-74(30-58(87)88)18-14-72(28-56(83)84)16-20-76(33-61(93)94)34-62(95)96/h21-24,63-64H,7-20,25-34H2,1-6H3,(H,67,77)(H,68,78)(H,69,79)(H,70,80)(H,81,82)(H,83,84)(H,85,86)(H,87,88)(H,89,90)(H,91,92)(H,93,94)(H,95,96). The first-order valence-corrected chi connectivity index (χ1v) is 30.7. The summed E-state index contributed by atoms with van der Waals surface area (Å²) in [7, 11) is 0. The van der Waals surface area contributed by atoms with E-state index in [-0.39, 0.29) is 78.0 Å². The Morgan fingerprint density at radius 1 is 0.344 bits per heavy atom. The van der Waals surface area contributed by atoms with E-state index in [1.807, 2.05) is 46.8 Å². The fourth-order valence-electron chi connectivity index (χ4n) is 11.2. The third-order valence-corrected chi connectivity index (χ3v) is 15.9. The van der Waals surface area contributed by atoms with Crippen LogP contribution in [0.25, 0.3) is 44.4 Å². The number of aromatic amines is 2. The average Bonchev–Trinajstić information content (AvgIpc) is 1.63. The lowest BCUT2D eigenvalue weighted by atomic mass is 9.98. The molecule has 0 unspecified atom stereocenters. The summed E-state index contributed by atoms with van der Waals surface area (Å²) >= 11 is 0. The average molecular weight is 1350 g/mol. The molecular formula is C62H84N14O20. The second kappa shape index (κ2) is 36.6. The number of amides is 4. The van der Waals surface area contributed by atoms with E-state index in [0.29, 0.717) is 57.9 Å². The lowest BCUT2D eigenvalue weighted by Gasteiger charge is -2.27. The van der Waals surface area contributed by atoms with E-state index >= 15 is 0 Å². The number of aromatic nitrogens is 4. The number of fused-ring (bicyclic) bond motifs is 8. The number of carbonyl (C=O) groups excluding carboxylic acids is 4. The largest absolute Gasteiger partial charge is 0.480 e. The number of hydrazine groups is 2. The molecule has 5 rings (SSSR count). The van der Waals surface area contributed by atoms with Crippen LogP contribution in [0.15, 0.2) is 24.3 Å². The van der Waals surface area contributed by atoms with Gasteiger partial charge in [0.1, 0.15) is 0 Å². The zero-order chi connectivity index (χ0) is 71.1. The first-order chi connectivity index (χ1) is 45.3. The van der Waals surface area contributed by atoms with E-state index in [1.54, 1.807) is 6.07 Å². The van der Waals surface area contributed by atoms with Crippen molar-refractivity contribution in [3.05, 3.63) is 69.3 Å². The van der Waals surface area contributed by atoms with Crippen molar-refractivity contribution in [3.8, 4) is 0 Å². The first-order valence-electron chi connectivity index (χ1n) is 30.7. The number of carbonyl (C=O) groups is 12. The molecule has 3 aromatic rings. The fourth-order valence-corrected chi connectivity index (χ4v) is 11.2. The zero-order valence-corrected chi connectivity index (χ0v) is 54.3. The lowest BCUT2D eigenvalue weighted by Crippen LogP contribution is -2.49. The highest BCUT2D eigenvalue weighted by Gasteiger charge is 2.26. The van der Waals surface area contributed by atoms with Crippen LogP contribution in [0.5, 0.6) is 0 Å². The number of nitrogens with one attached hydrogen (secondary N) is 6. The molecule has 2 aliphatic heterocycles. The lowest BCUT2D eigenvalue weighted by molar-refractivity contribution is -0.144. The second-order valence-corrected chi connectivity index (χ2v) is 23.1. The van der Waals surface area contributed by atoms with Gasteiger partial charge in [-0.2, -0.15) is 0 Å². The Morgan fingerprint density at radius 3 is 0.917 bits per heavy atom. The molecule has 34 heteroatoms. The number of nitrogens with zero attached hydrogens (tertiary/aromatic N) is 8. The minimum Gasteiger partial charge on any atom is -0.480 e. The number of hydrogen-bond donors (Lipinski definition) is 14. The van der Waals surface area contributed by atoms with Crippen molar-refractivity contribution < 1.29 is 98.4 Å². The van der Waals surface area contributed by atoms with Gasteiger partial charge in [-0.1, -0.05) is 13.8 Å². The van der Waals surface area contributed by atoms with Crippen LogP contribution in [-0.2, 0) is 70.4 Å². The van der Waals surface area contributed by atoms with Crippen LogP contribution < -0.4 is 21.7 Å². The van der Waals surface area contributed by atoms with Crippen molar-refractivity contribution in [2.24, 2.45) is 0 Å². The third kappa shape index (κ3) is 24.4. The Morgan fingerprint density at radius 2 is 0.604 bits per heavy atom. The van der Waals surface area contributed by atoms with Gasteiger partial charge in [0, 0.05) is 87.3 Å². The van der Waals surface area contributed by atoms with E-state index in [4.69, 9.17) is 9.97 Å². The van der Waals surface area contributed by atoms with Crippen molar-refractivity contribution in [1.29, 1.82) is 0 Å². The molecule has 0 saturated carbocycles. The van der Waals surface area contributed by atoms with E-state index in [0.717, 1.165) is 54.1 Å². The molecule has 2 aliphatic rings. The van der Waals surface area contributed by atoms with E-state index in [1.165, 1.54) is 19.6 Å². The summed E-state index contributed by atoms with van der Waals surface area (Å²) in [5.74, 6) is -13.4. The molecule has 0 aliphatic carbocycles. The predicted octanol–water partition coefficient (Wildman–Crippen LogP) is 0.262. The van der Waals surface area contributed by atoms with Crippen LogP contribution in [0.3, 0.4) is 0 Å². The third-order valence-electron chi connectivity index (χ3n) is 15.9. The number of allylic oxidation sites excluding steroid dienone is 4. The predicted molar refractivity (Wildman–Crippen MR) is 345 cm³/mol. The van der Waals surface area contributed by atoms with Crippen LogP contribution in [-0.4, -0.2) is 279 Å². The summed E-state index contributed by atoms with van der Waals surface area (Å²) in [5.41, 5.74) is 21.5. The van der Waals surface area contributed by atoms with Crippen LogP contribution in [0.2, 0.25) is 0 Å². The molecule has 0 fully saturated rings. The maximum atomic E-state index is 13.6. The molecule has 3 aromatic heterocycles. The molecule has 96 heavy (non-hydrogen) atoms. The topological polar surface area (TPSA) is 492 Å². The smallest absolute Gasteiger partial charge is 0.317 e. The van der Waals surface area contributed by atoms with Gasteiger partial charge in [-0.05, 0) is 122 Å². The molecule has 14 N–H and O–H groups in total. The van der Waals surface area contributed by atoms with Gasteiger partial charge < -0.3 is 50.8 Å². The first kappa shape index (κ1) is 76.7. The van der Waals surface area contributed by atoms with Gasteiger partial charge in [0.2, 0.25) is 11.8 Å². The number of carboxylic acids is 8. The summed E-state index contributed by atoms with van der Waals surface area (Å²) in [6.45, 7) is 4.52. The van der Waals surface area contributed by atoms with Crippen molar-refractivity contribution >= 4 is 116 Å². The maximum absolute atomic E-state index is 13.6. The fraction of sp³-hybridized carbons (Fsp3) is 0.484. The number of carboxylic acid groups (broad SMARTS) is 8. The van der Waals surface area contributed by atoms with Gasteiger partial charge in [0.15, 0.2) is 0 Å². The van der Waals surface area contributed by atoms with Crippen molar-refractivity contribution in [2.45, 2.75) is 80.1 Å². The van der Waals surface area contributed by atoms with Crippen LogP contribution in [0.1, 0.15) is 98.4 Å². The summed E-state index contributed by atoms with van der Waals surface area (Å²) < 4.78 is 0.